The molecule has 31 heavy (non-hydrogen) atoms. The van der Waals surface area contributed by atoms with Gasteiger partial charge in [0, 0.05) is 37.3 Å². The number of aliphatic carboxylic acids is 1. The fourth-order valence-corrected chi connectivity index (χ4v) is 4.54. The van der Waals surface area contributed by atoms with Crippen LogP contribution < -0.4 is 5.32 Å². The number of halogens is 3. The van der Waals surface area contributed by atoms with Crippen LogP contribution in [-0.2, 0) is 16.1 Å². The molecular formula is C21H35F3N4O3. The van der Waals surface area contributed by atoms with E-state index in [-0.39, 0.29) is 5.60 Å². The maximum absolute atomic E-state index is 10.6. The van der Waals surface area contributed by atoms with Crippen LogP contribution in [0.25, 0.3) is 0 Å². The SMILES string of the molecule is CNCCN(C)Cc1c[nH]nc1[C@H]1CC[C@]2(CC1)CC(C)(C)CO2.O=C(O)C(F)(F)F. The maximum atomic E-state index is 10.6. The van der Waals surface area contributed by atoms with Gasteiger partial charge < -0.3 is 20.1 Å². The number of aromatic amines is 1. The molecule has 1 saturated carbocycles. The number of carboxylic acids is 1. The molecular weight excluding hydrogens is 413 g/mol. The number of alkyl halides is 3. The number of carbonyl (C=O) groups is 1. The molecule has 2 fully saturated rings. The predicted molar refractivity (Wildman–Crippen MR) is 111 cm³/mol. The number of likely N-dealkylation sites (N-methyl/N-ethyl adjacent to an activating group) is 2. The molecule has 0 atom stereocenters. The van der Waals surface area contributed by atoms with Crippen molar-refractivity contribution >= 4 is 5.97 Å². The number of hydrogen-bond acceptors (Lipinski definition) is 5. The van der Waals surface area contributed by atoms with E-state index < -0.39 is 12.1 Å². The summed E-state index contributed by atoms with van der Waals surface area (Å²) in [6, 6.07) is 0. The summed E-state index contributed by atoms with van der Waals surface area (Å²) in [5.41, 5.74) is 3.15. The van der Waals surface area contributed by atoms with Crippen LogP contribution in [-0.4, -0.2) is 71.7 Å². The van der Waals surface area contributed by atoms with Gasteiger partial charge in [-0.2, -0.15) is 18.3 Å². The molecule has 1 aromatic heterocycles. The van der Waals surface area contributed by atoms with Crippen LogP contribution >= 0.6 is 0 Å². The minimum Gasteiger partial charge on any atom is -0.475 e. The Kier molecular flexibility index (Phi) is 8.52. The quantitative estimate of drug-likeness (QED) is 0.617. The highest BCUT2D eigenvalue weighted by Crippen LogP contribution is 2.49. The molecule has 1 aliphatic carbocycles. The largest absolute Gasteiger partial charge is 0.490 e. The Hall–Kier alpha value is -1.65. The van der Waals surface area contributed by atoms with E-state index in [1.165, 1.54) is 43.4 Å². The fraction of sp³-hybridized carbons (Fsp3) is 0.810. The van der Waals surface area contributed by atoms with Crippen LogP contribution in [0.5, 0.6) is 0 Å². The van der Waals surface area contributed by atoms with Crippen molar-refractivity contribution in [3.8, 4) is 0 Å². The van der Waals surface area contributed by atoms with Crippen LogP contribution in [0.1, 0.15) is 63.1 Å². The van der Waals surface area contributed by atoms with Crippen molar-refractivity contribution in [1.29, 1.82) is 0 Å². The van der Waals surface area contributed by atoms with Gasteiger partial charge in [0.05, 0.1) is 17.9 Å². The van der Waals surface area contributed by atoms with Crippen molar-refractivity contribution in [3.05, 3.63) is 17.5 Å². The lowest BCUT2D eigenvalue weighted by Gasteiger charge is -2.37. The van der Waals surface area contributed by atoms with Crippen molar-refractivity contribution < 1.29 is 27.8 Å². The average Bonchev–Trinajstić information content (AvgIpc) is 3.24. The molecule has 1 spiro atoms. The van der Waals surface area contributed by atoms with Crippen molar-refractivity contribution in [1.82, 2.24) is 20.4 Å². The number of nitrogens with one attached hydrogen (secondary N) is 2. The molecule has 0 bridgehead atoms. The van der Waals surface area contributed by atoms with E-state index in [1.54, 1.807) is 0 Å². The Morgan fingerprint density at radius 2 is 2.00 bits per heavy atom. The van der Waals surface area contributed by atoms with Crippen molar-refractivity contribution in [2.75, 3.05) is 33.8 Å². The van der Waals surface area contributed by atoms with E-state index in [0.717, 1.165) is 26.2 Å². The van der Waals surface area contributed by atoms with Crippen molar-refractivity contribution in [2.45, 2.75) is 70.2 Å². The van der Waals surface area contributed by atoms with Gasteiger partial charge in [-0.25, -0.2) is 4.79 Å². The Labute approximate surface area is 181 Å². The highest BCUT2D eigenvalue weighted by molar-refractivity contribution is 5.73. The van der Waals surface area contributed by atoms with Crippen LogP contribution in [0, 0.1) is 5.41 Å². The standard InChI is InChI=1S/C19H34N4O.C2HF3O2/c1-18(2)13-19(24-14-18)7-5-15(6-8-19)17-16(11-21-22-17)12-23(4)10-9-20-3;3-2(4,5)1(6)7/h11,15,20H,5-10,12-14H2,1-4H3,(H,21,22);(H,6,7)/t15-,19-;. The minimum atomic E-state index is -5.08. The molecule has 1 aromatic rings. The molecule has 1 aliphatic heterocycles. The molecule has 178 valence electrons. The van der Waals surface area contributed by atoms with Crippen LogP contribution in [0.4, 0.5) is 13.2 Å². The zero-order valence-electron chi connectivity index (χ0n) is 18.8. The first-order chi connectivity index (χ1) is 14.4. The number of carboxylic acid groups (broad SMARTS) is 1. The van der Waals surface area contributed by atoms with Gasteiger partial charge in [-0.05, 0) is 51.6 Å². The van der Waals surface area contributed by atoms with Gasteiger partial charge in [-0.3, -0.25) is 5.10 Å². The Morgan fingerprint density at radius 1 is 1.39 bits per heavy atom. The maximum Gasteiger partial charge on any atom is 0.490 e. The summed E-state index contributed by atoms with van der Waals surface area (Å²) >= 11 is 0. The van der Waals surface area contributed by atoms with E-state index >= 15 is 0 Å². The van der Waals surface area contributed by atoms with Gasteiger partial charge in [0.15, 0.2) is 0 Å². The third kappa shape index (κ3) is 7.47. The number of hydrogen-bond donors (Lipinski definition) is 3. The lowest BCUT2D eigenvalue weighted by molar-refractivity contribution is -0.192. The minimum absolute atomic E-state index is 0.153. The smallest absolute Gasteiger partial charge is 0.475 e. The predicted octanol–water partition coefficient (Wildman–Crippen LogP) is 3.54. The summed E-state index contributed by atoms with van der Waals surface area (Å²) < 4.78 is 38.0. The molecule has 0 radical (unpaired) electrons. The molecule has 0 aromatic carbocycles. The number of rotatable bonds is 6. The second-order valence-electron chi connectivity index (χ2n) is 9.53. The highest BCUT2D eigenvalue weighted by atomic mass is 19.4. The molecule has 0 amide bonds. The lowest BCUT2D eigenvalue weighted by Crippen LogP contribution is -2.34. The monoisotopic (exact) mass is 448 g/mol. The molecule has 7 nitrogen and oxygen atoms in total. The summed E-state index contributed by atoms with van der Waals surface area (Å²) in [5.74, 6) is -2.17. The number of ether oxygens (including phenoxy) is 1. The number of H-pyrrole nitrogens is 1. The Balaban J connectivity index is 0.000000423. The molecule has 0 unspecified atom stereocenters. The van der Waals surface area contributed by atoms with E-state index in [1.807, 2.05) is 7.05 Å². The molecule has 10 heteroatoms. The normalized spacial score (nSPS) is 25.5. The van der Waals surface area contributed by atoms with Gasteiger partial charge in [0.25, 0.3) is 0 Å². The van der Waals surface area contributed by atoms with Crippen LogP contribution in [0.2, 0.25) is 0 Å². The van der Waals surface area contributed by atoms with E-state index in [4.69, 9.17) is 14.6 Å². The first-order valence-electron chi connectivity index (χ1n) is 10.7. The summed E-state index contributed by atoms with van der Waals surface area (Å²) in [5, 5.41) is 18.1. The van der Waals surface area contributed by atoms with Crippen LogP contribution in [0.3, 0.4) is 0 Å². The zero-order valence-corrected chi connectivity index (χ0v) is 18.8. The van der Waals surface area contributed by atoms with Crippen molar-refractivity contribution in [3.63, 3.8) is 0 Å². The van der Waals surface area contributed by atoms with Crippen molar-refractivity contribution in [2.24, 2.45) is 5.41 Å². The third-order valence-electron chi connectivity index (χ3n) is 6.03. The molecule has 3 rings (SSSR count). The van der Waals surface area contributed by atoms with Gasteiger partial charge in [0.1, 0.15) is 0 Å². The van der Waals surface area contributed by atoms with E-state index in [0.29, 0.717) is 11.3 Å². The second-order valence-corrected chi connectivity index (χ2v) is 9.53. The van der Waals surface area contributed by atoms with E-state index in [2.05, 4.69) is 47.5 Å². The topological polar surface area (TPSA) is 90.5 Å². The number of aromatic nitrogens is 2. The fourth-order valence-electron chi connectivity index (χ4n) is 4.54. The van der Waals surface area contributed by atoms with Gasteiger partial charge in [-0.15, -0.1) is 0 Å². The molecule has 1 saturated heterocycles. The van der Waals surface area contributed by atoms with Crippen LogP contribution in [0.15, 0.2) is 6.20 Å². The summed E-state index contributed by atoms with van der Waals surface area (Å²) in [7, 11) is 4.18. The van der Waals surface area contributed by atoms with Gasteiger partial charge in [0.2, 0.25) is 0 Å². The second kappa shape index (κ2) is 10.3. The highest BCUT2D eigenvalue weighted by Gasteiger charge is 2.46. The Bertz CT molecular complexity index is 713. The summed E-state index contributed by atoms with van der Waals surface area (Å²) in [4.78, 5) is 11.3. The molecule has 2 aliphatic rings. The first-order valence-corrected chi connectivity index (χ1v) is 10.7. The Morgan fingerprint density at radius 3 is 2.48 bits per heavy atom. The number of nitrogens with zero attached hydrogens (tertiary/aromatic N) is 2. The summed E-state index contributed by atoms with van der Waals surface area (Å²) in [6.07, 6.45) is 2.99. The van der Waals surface area contributed by atoms with Gasteiger partial charge in [-0.1, -0.05) is 13.8 Å². The molecule has 3 N–H and O–H groups in total. The molecule has 2 heterocycles. The van der Waals surface area contributed by atoms with Gasteiger partial charge >= 0.3 is 12.1 Å². The average molecular weight is 449 g/mol. The third-order valence-corrected chi connectivity index (χ3v) is 6.03. The first kappa shape index (κ1) is 25.6. The lowest BCUT2D eigenvalue weighted by atomic mass is 9.72. The zero-order chi connectivity index (χ0) is 23.3. The summed E-state index contributed by atoms with van der Waals surface area (Å²) in [6.45, 7) is 8.63. The van der Waals surface area contributed by atoms with E-state index in [9.17, 15) is 13.2 Å².